The van der Waals surface area contributed by atoms with Gasteiger partial charge in [-0.25, -0.2) is 4.79 Å². The first kappa shape index (κ1) is 22.9. The van der Waals surface area contributed by atoms with Crippen LogP contribution in [0.5, 0.6) is 0 Å². The smallest absolute Gasteiger partial charge is 0.407 e. The van der Waals surface area contributed by atoms with Crippen LogP contribution in [0.3, 0.4) is 0 Å². The molecule has 0 aromatic heterocycles. The van der Waals surface area contributed by atoms with Crippen molar-refractivity contribution in [2.45, 2.75) is 64.6 Å². The molecule has 2 fully saturated rings. The Morgan fingerprint density at radius 1 is 1.23 bits per heavy atom. The van der Waals surface area contributed by atoms with Gasteiger partial charge < -0.3 is 25.6 Å². The number of likely N-dealkylation sites (tertiary alicyclic amines) is 1. The second-order valence-electron chi connectivity index (χ2n) is 9.30. The van der Waals surface area contributed by atoms with Crippen LogP contribution in [0.25, 0.3) is 0 Å². The van der Waals surface area contributed by atoms with Crippen LogP contribution >= 0.6 is 0 Å². The van der Waals surface area contributed by atoms with E-state index in [0.29, 0.717) is 13.1 Å². The molecule has 1 aromatic carbocycles. The number of aliphatic imine (C=N–C) groups is 1. The van der Waals surface area contributed by atoms with Gasteiger partial charge in [-0.1, -0.05) is 18.6 Å². The van der Waals surface area contributed by atoms with Crippen molar-refractivity contribution < 1.29 is 14.3 Å². The molecule has 31 heavy (non-hydrogen) atoms. The first-order valence-electron chi connectivity index (χ1n) is 11.1. The minimum absolute atomic E-state index is 0.0263. The molecular weight excluding hydrogens is 394 g/mol. The topological polar surface area (TPSA) is 95.1 Å². The third kappa shape index (κ3) is 6.87. The molecule has 1 heterocycles. The predicted molar refractivity (Wildman–Crippen MR) is 122 cm³/mol. The Balaban J connectivity index is 1.48. The van der Waals surface area contributed by atoms with Gasteiger partial charge in [-0.3, -0.25) is 9.79 Å². The number of alkyl carbamates (subject to hydrolysis) is 1. The van der Waals surface area contributed by atoms with Crippen molar-refractivity contribution in [1.29, 1.82) is 0 Å². The number of carbonyl (C=O) groups excluding carboxylic acids is 2. The van der Waals surface area contributed by atoms with Crippen molar-refractivity contribution in [1.82, 2.24) is 15.5 Å². The SMILES string of the molecule is CN=C(NCc1cccc(NC(=O)C2CCC2)c1)N1CCC(NC(=O)OC(C)(C)C)C1. The minimum atomic E-state index is -0.508. The number of nitrogens with one attached hydrogen (secondary N) is 3. The van der Waals surface area contributed by atoms with Crippen LogP contribution in [0.1, 0.15) is 52.0 Å². The van der Waals surface area contributed by atoms with E-state index in [9.17, 15) is 9.59 Å². The largest absolute Gasteiger partial charge is 0.444 e. The van der Waals surface area contributed by atoms with Gasteiger partial charge in [0, 0.05) is 38.3 Å². The van der Waals surface area contributed by atoms with Gasteiger partial charge in [0.25, 0.3) is 0 Å². The summed E-state index contributed by atoms with van der Waals surface area (Å²) in [5.74, 6) is 1.07. The highest BCUT2D eigenvalue weighted by atomic mass is 16.6. The first-order chi connectivity index (χ1) is 14.7. The highest BCUT2D eigenvalue weighted by Crippen LogP contribution is 2.27. The van der Waals surface area contributed by atoms with Gasteiger partial charge in [0.1, 0.15) is 5.60 Å². The molecule has 0 spiro atoms. The van der Waals surface area contributed by atoms with Crippen molar-refractivity contribution in [2.75, 3.05) is 25.5 Å². The van der Waals surface area contributed by atoms with E-state index in [1.54, 1.807) is 7.05 Å². The van der Waals surface area contributed by atoms with Crippen LogP contribution in [0, 0.1) is 5.92 Å². The molecule has 1 unspecified atom stereocenters. The number of rotatable bonds is 5. The second kappa shape index (κ2) is 10.0. The summed E-state index contributed by atoms with van der Waals surface area (Å²) in [6, 6.07) is 7.91. The summed E-state index contributed by atoms with van der Waals surface area (Å²) in [5, 5.41) is 9.34. The van der Waals surface area contributed by atoms with Crippen LogP contribution in [0.15, 0.2) is 29.3 Å². The Hall–Kier alpha value is -2.77. The van der Waals surface area contributed by atoms with Crippen molar-refractivity contribution >= 4 is 23.6 Å². The normalized spacial score (nSPS) is 19.5. The number of nitrogens with zero attached hydrogens (tertiary/aromatic N) is 2. The molecule has 1 saturated heterocycles. The average molecular weight is 430 g/mol. The molecule has 1 aliphatic heterocycles. The lowest BCUT2D eigenvalue weighted by Gasteiger charge is -2.24. The van der Waals surface area contributed by atoms with Gasteiger partial charge in [-0.15, -0.1) is 0 Å². The van der Waals surface area contributed by atoms with Crippen LogP contribution in [0.4, 0.5) is 10.5 Å². The molecule has 1 saturated carbocycles. The number of amides is 2. The minimum Gasteiger partial charge on any atom is -0.444 e. The maximum Gasteiger partial charge on any atom is 0.407 e. The van der Waals surface area contributed by atoms with E-state index in [2.05, 4.69) is 25.8 Å². The summed E-state index contributed by atoms with van der Waals surface area (Å²) in [4.78, 5) is 30.7. The van der Waals surface area contributed by atoms with Crippen molar-refractivity contribution in [3.05, 3.63) is 29.8 Å². The molecule has 1 aromatic rings. The number of guanidine groups is 1. The lowest BCUT2D eigenvalue weighted by molar-refractivity contribution is -0.122. The van der Waals surface area contributed by atoms with E-state index < -0.39 is 5.60 Å². The molecule has 1 aliphatic carbocycles. The van der Waals surface area contributed by atoms with Crippen molar-refractivity contribution in [2.24, 2.45) is 10.9 Å². The lowest BCUT2D eigenvalue weighted by atomic mass is 9.85. The molecule has 1 atom stereocenters. The zero-order valence-electron chi connectivity index (χ0n) is 19.0. The monoisotopic (exact) mass is 429 g/mol. The molecule has 2 aliphatic rings. The highest BCUT2D eigenvalue weighted by Gasteiger charge is 2.28. The fraction of sp³-hybridized carbons (Fsp3) is 0.609. The van der Waals surface area contributed by atoms with Gasteiger partial charge in [0.05, 0.1) is 6.04 Å². The highest BCUT2D eigenvalue weighted by molar-refractivity contribution is 5.93. The standard InChI is InChI=1S/C23H35N5O3/c1-23(2,3)31-22(30)27-19-11-12-28(15-19)21(24-4)25-14-16-7-5-10-18(13-16)26-20(29)17-8-6-9-17/h5,7,10,13,17,19H,6,8-9,11-12,14-15H2,1-4H3,(H,24,25)(H,26,29)(H,27,30). The molecule has 8 heteroatoms. The molecule has 8 nitrogen and oxygen atoms in total. The lowest BCUT2D eigenvalue weighted by Crippen LogP contribution is -2.44. The summed E-state index contributed by atoms with van der Waals surface area (Å²) in [6.07, 6.45) is 3.57. The maximum absolute atomic E-state index is 12.2. The summed E-state index contributed by atoms with van der Waals surface area (Å²) in [6.45, 7) is 7.64. The van der Waals surface area contributed by atoms with E-state index in [1.807, 2.05) is 45.0 Å². The quantitative estimate of drug-likeness (QED) is 0.494. The first-order valence-corrected chi connectivity index (χ1v) is 11.1. The van der Waals surface area contributed by atoms with Crippen LogP contribution in [-0.4, -0.2) is 54.6 Å². The predicted octanol–water partition coefficient (Wildman–Crippen LogP) is 3.10. The Kier molecular flexibility index (Phi) is 7.41. The van der Waals surface area contributed by atoms with E-state index in [0.717, 1.165) is 49.4 Å². The van der Waals surface area contributed by atoms with E-state index in [4.69, 9.17) is 4.74 Å². The summed E-state index contributed by atoms with van der Waals surface area (Å²) in [5.41, 5.74) is 1.38. The van der Waals surface area contributed by atoms with Crippen molar-refractivity contribution in [3.63, 3.8) is 0 Å². The fourth-order valence-electron chi connectivity index (χ4n) is 3.73. The third-order valence-electron chi connectivity index (χ3n) is 5.54. The molecule has 170 valence electrons. The Labute approximate surface area is 184 Å². The molecule has 0 radical (unpaired) electrons. The zero-order chi connectivity index (χ0) is 22.4. The second-order valence-corrected chi connectivity index (χ2v) is 9.30. The Bertz CT molecular complexity index is 814. The van der Waals surface area contributed by atoms with Crippen LogP contribution in [0.2, 0.25) is 0 Å². The van der Waals surface area contributed by atoms with Gasteiger partial charge in [0.2, 0.25) is 5.91 Å². The molecule has 2 amide bonds. The van der Waals surface area contributed by atoms with Gasteiger partial charge in [-0.05, 0) is 57.7 Å². The van der Waals surface area contributed by atoms with E-state index >= 15 is 0 Å². The van der Waals surface area contributed by atoms with Crippen LogP contribution < -0.4 is 16.0 Å². The summed E-state index contributed by atoms with van der Waals surface area (Å²) < 4.78 is 5.35. The molecule has 0 bridgehead atoms. The maximum atomic E-state index is 12.2. The van der Waals surface area contributed by atoms with E-state index in [-0.39, 0.29) is 24.0 Å². The number of carbonyl (C=O) groups is 2. The summed E-state index contributed by atoms with van der Waals surface area (Å²) in [7, 11) is 1.76. The Morgan fingerprint density at radius 2 is 2.00 bits per heavy atom. The van der Waals surface area contributed by atoms with Gasteiger partial charge in [0.15, 0.2) is 5.96 Å². The Morgan fingerprint density at radius 3 is 2.65 bits per heavy atom. The fourth-order valence-corrected chi connectivity index (χ4v) is 3.73. The van der Waals surface area contributed by atoms with E-state index in [1.165, 1.54) is 0 Å². The zero-order valence-corrected chi connectivity index (χ0v) is 19.0. The number of ether oxygens (including phenoxy) is 1. The average Bonchev–Trinajstić information content (AvgIpc) is 3.07. The number of benzene rings is 1. The van der Waals surface area contributed by atoms with Gasteiger partial charge >= 0.3 is 6.09 Å². The third-order valence-corrected chi connectivity index (χ3v) is 5.54. The van der Waals surface area contributed by atoms with Crippen LogP contribution in [-0.2, 0) is 16.1 Å². The number of hydrogen-bond acceptors (Lipinski definition) is 4. The molecular formula is C23H35N5O3. The van der Waals surface area contributed by atoms with Gasteiger partial charge in [-0.2, -0.15) is 0 Å². The molecule has 3 N–H and O–H groups in total. The number of hydrogen-bond donors (Lipinski definition) is 3. The summed E-state index contributed by atoms with van der Waals surface area (Å²) >= 11 is 0. The molecule has 3 rings (SSSR count). The number of anilines is 1. The van der Waals surface area contributed by atoms with Crippen molar-refractivity contribution in [3.8, 4) is 0 Å².